The van der Waals surface area contributed by atoms with Gasteiger partial charge in [0.1, 0.15) is 11.4 Å². The van der Waals surface area contributed by atoms with Gasteiger partial charge in [-0.15, -0.1) is 0 Å². The Balaban J connectivity index is 2.43. The Morgan fingerprint density at radius 2 is 2.05 bits per heavy atom. The van der Waals surface area contributed by atoms with Gasteiger partial charge in [-0.1, -0.05) is 0 Å². The lowest BCUT2D eigenvalue weighted by Gasteiger charge is -2.12. The number of hydrogen-bond donors (Lipinski definition) is 0. The third-order valence-corrected chi connectivity index (χ3v) is 3.20. The molecule has 5 nitrogen and oxygen atoms in total. The number of methoxy groups -OCH3 is 2. The van der Waals surface area contributed by atoms with Crippen molar-refractivity contribution in [3.8, 4) is 17.4 Å². The molecule has 0 N–H and O–H groups in total. The number of hydrogen-bond acceptors (Lipinski definition) is 5. The molecule has 0 saturated carbocycles. The van der Waals surface area contributed by atoms with E-state index in [-0.39, 0.29) is 27.4 Å². The highest BCUT2D eigenvalue weighted by Gasteiger charge is 2.17. The second kappa shape index (κ2) is 6.53. The van der Waals surface area contributed by atoms with Crippen LogP contribution >= 0.6 is 15.9 Å². The zero-order valence-corrected chi connectivity index (χ0v) is 12.8. The highest BCUT2D eigenvalue weighted by atomic mass is 79.9. The number of nitrogens with zero attached hydrogens (tertiary/aromatic N) is 1. The van der Waals surface area contributed by atoms with Crippen LogP contribution in [0.4, 0.5) is 4.39 Å². The van der Waals surface area contributed by atoms with Gasteiger partial charge in [-0.2, -0.15) is 0 Å². The molecule has 1 aromatic heterocycles. The second-order valence-corrected chi connectivity index (χ2v) is 4.72. The van der Waals surface area contributed by atoms with E-state index in [1.54, 1.807) is 6.07 Å². The summed E-state index contributed by atoms with van der Waals surface area (Å²) in [5, 5.41) is 0. The summed E-state index contributed by atoms with van der Waals surface area (Å²) < 4.78 is 28.9. The molecule has 0 bridgehead atoms. The van der Waals surface area contributed by atoms with Crippen LogP contribution in [0.5, 0.6) is 17.4 Å². The third kappa shape index (κ3) is 3.30. The van der Waals surface area contributed by atoms with Gasteiger partial charge in [0.15, 0.2) is 11.5 Å². The summed E-state index contributed by atoms with van der Waals surface area (Å²) in [5.41, 5.74) is 0.155. The van der Waals surface area contributed by atoms with Crippen molar-refractivity contribution in [3.05, 3.63) is 46.3 Å². The minimum Gasteiger partial charge on any atom is -0.493 e. The van der Waals surface area contributed by atoms with E-state index in [1.165, 1.54) is 38.6 Å². The van der Waals surface area contributed by atoms with Crippen molar-refractivity contribution in [2.75, 3.05) is 14.2 Å². The average molecular weight is 356 g/mol. The molecule has 0 radical (unpaired) electrons. The van der Waals surface area contributed by atoms with Crippen molar-refractivity contribution < 1.29 is 23.4 Å². The largest absolute Gasteiger partial charge is 0.493 e. The van der Waals surface area contributed by atoms with E-state index in [0.717, 1.165) is 0 Å². The molecule has 0 atom stereocenters. The maximum Gasteiger partial charge on any atom is 0.343 e. The molecular weight excluding hydrogens is 345 g/mol. The van der Waals surface area contributed by atoms with Gasteiger partial charge >= 0.3 is 5.97 Å². The summed E-state index contributed by atoms with van der Waals surface area (Å²) in [6.45, 7) is 0. The van der Waals surface area contributed by atoms with Gasteiger partial charge in [0.25, 0.3) is 0 Å². The number of aromatic nitrogens is 1. The second-order valence-electron chi connectivity index (χ2n) is 3.87. The van der Waals surface area contributed by atoms with E-state index in [9.17, 15) is 9.18 Å². The van der Waals surface area contributed by atoms with Crippen LogP contribution in [0.15, 0.2) is 34.9 Å². The van der Waals surface area contributed by atoms with Gasteiger partial charge in [0.2, 0.25) is 5.88 Å². The van der Waals surface area contributed by atoms with Crippen molar-refractivity contribution in [2.24, 2.45) is 0 Å². The molecule has 2 aromatic rings. The Kier molecular flexibility index (Phi) is 4.74. The van der Waals surface area contributed by atoms with Gasteiger partial charge in [0.05, 0.1) is 18.7 Å². The quantitative estimate of drug-likeness (QED) is 0.784. The molecular formula is C14H11BrFNO4. The van der Waals surface area contributed by atoms with Gasteiger partial charge in [-0.05, 0) is 28.1 Å². The molecule has 7 heteroatoms. The number of carbonyl (C=O) groups excluding carboxylic acids is 1. The van der Waals surface area contributed by atoms with Crippen LogP contribution in [0.1, 0.15) is 10.4 Å². The first-order valence-electron chi connectivity index (χ1n) is 5.81. The van der Waals surface area contributed by atoms with Crippen LogP contribution in [0.25, 0.3) is 0 Å². The van der Waals surface area contributed by atoms with Crippen LogP contribution in [-0.4, -0.2) is 25.2 Å². The molecule has 1 heterocycles. The topological polar surface area (TPSA) is 57.7 Å². The van der Waals surface area contributed by atoms with E-state index in [0.29, 0.717) is 0 Å². The van der Waals surface area contributed by atoms with Gasteiger partial charge < -0.3 is 14.2 Å². The molecule has 0 spiro atoms. The Hall–Kier alpha value is -2.15. The fraction of sp³-hybridized carbons (Fsp3) is 0.143. The van der Waals surface area contributed by atoms with Crippen molar-refractivity contribution in [3.63, 3.8) is 0 Å². The summed E-state index contributed by atoms with van der Waals surface area (Å²) in [7, 11) is 2.64. The Bertz CT molecular complexity index is 678. The number of pyridine rings is 1. The molecule has 110 valence electrons. The first-order valence-corrected chi connectivity index (χ1v) is 6.60. The fourth-order valence-corrected chi connectivity index (χ4v) is 1.91. The zero-order chi connectivity index (χ0) is 15.4. The predicted octanol–water partition coefficient (Wildman–Crippen LogP) is 3.57. The van der Waals surface area contributed by atoms with Gasteiger partial charge in [-0.25, -0.2) is 14.2 Å². The Morgan fingerprint density at radius 1 is 1.29 bits per heavy atom. The maximum absolute atomic E-state index is 13.5. The fourth-order valence-electron chi connectivity index (χ4n) is 1.59. The van der Waals surface area contributed by atoms with Crippen molar-refractivity contribution in [2.45, 2.75) is 0 Å². The zero-order valence-electron chi connectivity index (χ0n) is 11.2. The maximum atomic E-state index is 13.5. The van der Waals surface area contributed by atoms with Gasteiger partial charge in [-0.3, -0.25) is 0 Å². The highest BCUT2D eigenvalue weighted by molar-refractivity contribution is 9.10. The Morgan fingerprint density at radius 3 is 2.71 bits per heavy atom. The van der Waals surface area contributed by atoms with Crippen LogP contribution in [0.2, 0.25) is 0 Å². The number of benzene rings is 1. The summed E-state index contributed by atoms with van der Waals surface area (Å²) in [6.07, 6.45) is 1.47. The standard InChI is InChI=1S/C14H11BrFNO4/c1-19-11-7-10(16)9(15)6-12(11)21-13-8(14(18)20-2)4-3-5-17-13/h3-7H,1-2H3. The van der Waals surface area contributed by atoms with E-state index in [4.69, 9.17) is 9.47 Å². The molecule has 2 rings (SSSR count). The lowest BCUT2D eigenvalue weighted by molar-refractivity contribution is 0.0597. The van der Waals surface area contributed by atoms with Crippen LogP contribution in [0, 0.1) is 5.82 Å². The molecule has 0 unspecified atom stereocenters. The molecule has 0 amide bonds. The van der Waals surface area contributed by atoms with E-state index < -0.39 is 11.8 Å². The van der Waals surface area contributed by atoms with Crippen LogP contribution < -0.4 is 9.47 Å². The monoisotopic (exact) mass is 355 g/mol. The average Bonchev–Trinajstić information content (AvgIpc) is 2.50. The van der Waals surface area contributed by atoms with Gasteiger partial charge in [0, 0.05) is 18.3 Å². The summed E-state index contributed by atoms with van der Waals surface area (Å²) in [5.74, 6) is -0.639. The molecule has 0 aliphatic rings. The van der Waals surface area contributed by atoms with Crippen molar-refractivity contribution >= 4 is 21.9 Å². The van der Waals surface area contributed by atoms with E-state index in [2.05, 4.69) is 25.7 Å². The summed E-state index contributed by atoms with van der Waals surface area (Å²) in [6, 6.07) is 5.65. The number of halogens is 2. The van der Waals surface area contributed by atoms with Crippen LogP contribution in [-0.2, 0) is 4.74 Å². The number of carbonyl (C=O) groups is 1. The molecule has 0 fully saturated rings. The third-order valence-electron chi connectivity index (χ3n) is 2.59. The lowest BCUT2D eigenvalue weighted by atomic mass is 10.2. The minimum atomic E-state index is -0.585. The minimum absolute atomic E-state index is 0.0427. The molecule has 0 aliphatic heterocycles. The number of ether oxygens (including phenoxy) is 3. The number of esters is 1. The van der Waals surface area contributed by atoms with E-state index >= 15 is 0 Å². The molecule has 0 saturated heterocycles. The molecule has 1 aromatic carbocycles. The highest BCUT2D eigenvalue weighted by Crippen LogP contribution is 2.36. The Labute approximate surface area is 128 Å². The van der Waals surface area contributed by atoms with Crippen LogP contribution in [0.3, 0.4) is 0 Å². The summed E-state index contributed by atoms with van der Waals surface area (Å²) >= 11 is 3.06. The first kappa shape index (κ1) is 15.2. The SMILES string of the molecule is COC(=O)c1cccnc1Oc1cc(Br)c(F)cc1OC. The smallest absolute Gasteiger partial charge is 0.343 e. The normalized spacial score (nSPS) is 10.1. The van der Waals surface area contributed by atoms with E-state index in [1.807, 2.05) is 0 Å². The number of rotatable bonds is 4. The first-order chi connectivity index (χ1) is 10.1. The van der Waals surface area contributed by atoms with Crippen molar-refractivity contribution in [1.29, 1.82) is 0 Å². The summed E-state index contributed by atoms with van der Waals surface area (Å²) in [4.78, 5) is 15.6. The lowest BCUT2D eigenvalue weighted by Crippen LogP contribution is -2.05. The molecule has 21 heavy (non-hydrogen) atoms. The molecule has 0 aliphatic carbocycles. The van der Waals surface area contributed by atoms with Crippen molar-refractivity contribution in [1.82, 2.24) is 4.98 Å². The predicted molar refractivity (Wildman–Crippen MR) is 76.3 cm³/mol.